The molecule has 0 fully saturated rings. The molecule has 0 bridgehead atoms. The molecule has 2 heteroatoms. The van der Waals surface area contributed by atoms with Crippen molar-refractivity contribution >= 4 is 0 Å². The van der Waals surface area contributed by atoms with Gasteiger partial charge in [0, 0.05) is 6.54 Å². The molecule has 18 heavy (non-hydrogen) atoms. The molecule has 1 aromatic carbocycles. The van der Waals surface area contributed by atoms with Gasteiger partial charge < -0.3 is 10.1 Å². The highest BCUT2D eigenvalue weighted by atomic mass is 16.5. The van der Waals surface area contributed by atoms with Crippen molar-refractivity contribution in [3.05, 3.63) is 29.3 Å². The van der Waals surface area contributed by atoms with Gasteiger partial charge in [-0.05, 0) is 49.9 Å². The topological polar surface area (TPSA) is 21.3 Å². The maximum absolute atomic E-state index is 6.09. The summed E-state index contributed by atoms with van der Waals surface area (Å²) in [6, 6.07) is 6.37. The van der Waals surface area contributed by atoms with E-state index in [1.807, 2.05) is 0 Å². The summed E-state index contributed by atoms with van der Waals surface area (Å²) in [6.07, 6.45) is 1.28. The summed E-state index contributed by atoms with van der Waals surface area (Å²) < 4.78 is 6.09. The minimum absolute atomic E-state index is 0.254. The van der Waals surface area contributed by atoms with Crippen molar-refractivity contribution in [3.63, 3.8) is 0 Å². The lowest BCUT2D eigenvalue weighted by atomic mass is 10.1. The van der Waals surface area contributed by atoms with Crippen LogP contribution in [0.4, 0.5) is 0 Å². The highest BCUT2D eigenvalue weighted by Crippen LogP contribution is 2.21. The summed E-state index contributed by atoms with van der Waals surface area (Å²) in [5, 5.41) is 3.47. The number of hydrogen-bond donors (Lipinski definition) is 1. The van der Waals surface area contributed by atoms with Gasteiger partial charge in [-0.2, -0.15) is 0 Å². The van der Waals surface area contributed by atoms with Crippen molar-refractivity contribution in [2.45, 2.75) is 47.1 Å². The molecule has 1 N–H and O–H groups in total. The lowest BCUT2D eigenvalue weighted by molar-refractivity contribution is 0.190. The Balaban J connectivity index is 2.54. The van der Waals surface area contributed by atoms with Crippen molar-refractivity contribution in [2.75, 3.05) is 13.1 Å². The van der Waals surface area contributed by atoms with E-state index in [4.69, 9.17) is 4.74 Å². The smallest absolute Gasteiger partial charge is 0.122 e. The Hall–Kier alpha value is -1.02. The molecule has 2 nitrogen and oxygen atoms in total. The molecule has 0 aromatic heterocycles. The average molecular weight is 249 g/mol. The van der Waals surface area contributed by atoms with E-state index in [-0.39, 0.29) is 6.10 Å². The van der Waals surface area contributed by atoms with Crippen LogP contribution < -0.4 is 10.1 Å². The van der Waals surface area contributed by atoms with Crippen LogP contribution in [0.5, 0.6) is 5.75 Å². The second kappa shape index (κ2) is 7.42. The second-order valence-electron chi connectivity index (χ2n) is 5.47. The van der Waals surface area contributed by atoms with Gasteiger partial charge >= 0.3 is 0 Å². The Labute approximate surface area is 112 Å². The fraction of sp³-hybridized carbons (Fsp3) is 0.625. The van der Waals surface area contributed by atoms with Crippen LogP contribution in [-0.4, -0.2) is 19.2 Å². The van der Waals surface area contributed by atoms with Crippen molar-refractivity contribution in [1.29, 1.82) is 0 Å². The minimum atomic E-state index is 0.254. The summed E-state index contributed by atoms with van der Waals surface area (Å²) in [5.74, 6) is 1.71. The van der Waals surface area contributed by atoms with Gasteiger partial charge in [-0.3, -0.25) is 0 Å². The minimum Gasteiger partial charge on any atom is -0.489 e. The Kier molecular flexibility index (Phi) is 6.20. The van der Waals surface area contributed by atoms with E-state index in [1.165, 1.54) is 11.1 Å². The van der Waals surface area contributed by atoms with Gasteiger partial charge in [-0.25, -0.2) is 0 Å². The molecule has 102 valence electrons. The SMILES string of the molecule is CCC(CNCC(C)C)Oc1cc(C)ccc1C. The first-order valence-corrected chi connectivity index (χ1v) is 6.97. The molecule has 0 saturated heterocycles. The molecule has 1 rings (SSSR count). The van der Waals surface area contributed by atoms with Crippen molar-refractivity contribution < 1.29 is 4.74 Å². The van der Waals surface area contributed by atoms with E-state index in [2.05, 4.69) is 58.1 Å². The fourth-order valence-electron chi connectivity index (χ4n) is 1.82. The van der Waals surface area contributed by atoms with Crippen LogP contribution in [0.25, 0.3) is 0 Å². The van der Waals surface area contributed by atoms with E-state index in [0.717, 1.165) is 25.3 Å². The van der Waals surface area contributed by atoms with Crippen LogP contribution in [0, 0.1) is 19.8 Å². The molecule has 0 aliphatic heterocycles. The van der Waals surface area contributed by atoms with E-state index in [9.17, 15) is 0 Å². The van der Waals surface area contributed by atoms with Gasteiger partial charge in [0.25, 0.3) is 0 Å². The number of benzene rings is 1. The zero-order chi connectivity index (χ0) is 13.5. The first-order chi connectivity index (χ1) is 8.52. The van der Waals surface area contributed by atoms with Gasteiger partial charge in [-0.15, -0.1) is 0 Å². The highest BCUT2D eigenvalue weighted by molar-refractivity contribution is 5.36. The lowest BCUT2D eigenvalue weighted by Crippen LogP contribution is -2.33. The van der Waals surface area contributed by atoms with E-state index in [1.54, 1.807) is 0 Å². The highest BCUT2D eigenvalue weighted by Gasteiger charge is 2.10. The van der Waals surface area contributed by atoms with Gasteiger partial charge in [0.05, 0.1) is 0 Å². The summed E-state index contributed by atoms with van der Waals surface area (Å²) in [5.41, 5.74) is 2.46. The second-order valence-corrected chi connectivity index (χ2v) is 5.47. The number of ether oxygens (including phenoxy) is 1. The molecule has 1 unspecified atom stereocenters. The predicted octanol–water partition coefficient (Wildman–Crippen LogP) is 3.71. The van der Waals surface area contributed by atoms with E-state index in [0.29, 0.717) is 5.92 Å². The zero-order valence-corrected chi connectivity index (χ0v) is 12.4. The molecule has 0 spiro atoms. The molecule has 1 atom stereocenters. The fourth-order valence-corrected chi connectivity index (χ4v) is 1.82. The summed E-state index contributed by atoms with van der Waals surface area (Å²) in [7, 11) is 0. The molecule has 0 saturated carbocycles. The molecule has 0 radical (unpaired) electrons. The van der Waals surface area contributed by atoms with Gasteiger partial charge in [0.15, 0.2) is 0 Å². The van der Waals surface area contributed by atoms with Gasteiger partial charge in [0.2, 0.25) is 0 Å². The molecule has 0 heterocycles. The first kappa shape index (κ1) is 15.0. The van der Waals surface area contributed by atoms with E-state index >= 15 is 0 Å². The maximum Gasteiger partial charge on any atom is 0.122 e. The standard InChI is InChI=1S/C16H27NO/c1-6-15(11-17-10-12(2)3)18-16-9-13(4)7-8-14(16)5/h7-9,12,15,17H,6,10-11H2,1-5H3. The van der Waals surface area contributed by atoms with Crippen molar-refractivity contribution in [2.24, 2.45) is 5.92 Å². The van der Waals surface area contributed by atoms with Crippen LogP contribution in [0.2, 0.25) is 0 Å². The third-order valence-corrected chi connectivity index (χ3v) is 3.02. The average Bonchev–Trinajstić information content (AvgIpc) is 2.32. The Bertz CT molecular complexity index is 360. The molecule has 0 aliphatic carbocycles. The molecule has 1 aromatic rings. The summed E-state index contributed by atoms with van der Waals surface area (Å²) in [6.45, 7) is 12.8. The molecular weight excluding hydrogens is 222 g/mol. The van der Waals surface area contributed by atoms with Gasteiger partial charge in [0.1, 0.15) is 11.9 Å². The van der Waals surface area contributed by atoms with Crippen LogP contribution >= 0.6 is 0 Å². The molecule has 0 aliphatic rings. The van der Waals surface area contributed by atoms with Gasteiger partial charge in [-0.1, -0.05) is 32.9 Å². The maximum atomic E-state index is 6.09. The summed E-state index contributed by atoms with van der Waals surface area (Å²) in [4.78, 5) is 0. The van der Waals surface area contributed by atoms with Crippen LogP contribution in [0.15, 0.2) is 18.2 Å². The third kappa shape index (κ3) is 5.09. The quantitative estimate of drug-likeness (QED) is 0.795. The van der Waals surface area contributed by atoms with Crippen molar-refractivity contribution in [1.82, 2.24) is 5.32 Å². The number of nitrogens with one attached hydrogen (secondary N) is 1. The third-order valence-electron chi connectivity index (χ3n) is 3.02. The Morgan fingerprint density at radius 3 is 2.50 bits per heavy atom. The van der Waals surface area contributed by atoms with Crippen LogP contribution in [0.1, 0.15) is 38.3 Å². The Morgan fingerprint density at radius 1 is 1.17 bits per heavy atom. The normalized spacial score (nSPS) is 12.8. The molecular formula is C16H27NO. The Morgan fingerprint density at radius 2 is 1.89 bits per heavy atom. The summed E-state index contributed by atoms with van der Waals surface area (Å²) >= 11 is 0. The number of aryl methyl sites for hydroxylation is 2. The monoisotopic (exact) mass is 249 g/mol. The number of rotatable bonds is 7. The largest absolute Gasteiger partial charge is 0.489 e. The molecule has 0 amide bonds. The van der Waals surface area contributed by atoms with Crippen LogP contribution in [-0.2, 0) is 0 Å². The zero-order valence-electron chi connectivity index (χ0n) is 12.4. The lowest BCUT2D eigenvalue weighted by Gasteiger charge is -2.20. The first-order valence-electron chi connectivity index (χ1n) is 6.97. The number of hydrogen-bond acceptors (Lipinski definition) is 2. The van der Waals surface area contributed by atoms with E-state index < -0.39 is 0 Å². The predicted molar refractivity (Wildman–Crippen MR) is 78.3 cm³/mol. The van der Waals surface area contributed by atoms with Crippen LogP contribution in [0.3, 0.4) is 0 Å². The van der Waals surface area contributed by atoms with Crippen molar-refractivity contribution in [3.8, 4) is 5.75 Å².